The van der Waals surface area contributed by atoms with E-state index in [4.69, 9.17) is 4.74 Å². The summed E-state index contributed by atoms with van der Waals surface area (Å²) in [6.45, 7) is 12.9. The smallest absolute Gasteiger partial charge is 0.165 e. The number of allylic oxidation sites excluding steroid dienone is 7. The summed E-state index contributed by atoms with van der Waals surface area (Å²) in [7, 11) is 1.71. The van der Waals surface area contributed by atoms with Crippen LogP contribution in [0.15, 0.2) is 78.4 Å². The van der Waals surface area contributed by atoms with Gasteiger partial charge in [0.05, 0.1) is 7.11 Å². The highest BCUT2D eigenvalue weighted by atomic mass is 16.5. The van der Waals surface area contributed by atoms with Gasteiger partial charge < -0.3 is 9.53 Å². The third kappa shape index (κ3) is 8.37. The molecule has 1 saturated carbocycles. The summed E-state index contributed by atoms with van der Waals surface area (Å²) in [5.74, 6) is 2.41. The number of hydrogen-bond donors (Lipinski definition) is 0. The summed E-state index contributed by atoms with van der Waals surface area (Å²) >= 11 is 0. The first kappa shape index (κ1) is 33.4. The average Bonchev–Trinajstić information content (AvgIpc) is 3.03. The Kier molecular flexibility index (Phi) is 12.2. The molecule has 2 aliphatic rings. The van der Waals surface area contributed by atoms with Gasteiger partial charge in [-0.25, -0.2) is 0 Å². The van der Waals surface area contributed by atoms with Crippen molar-refractivity contribution in [3.05, 3.63) is 106 Å². The number of ether oxygens (including phenoxy) is 1. The van der Waals surface area contributed by atoms with Crippen molar-refractivity contribution in [2.24, 2.45) is 23.7 Å². The van der Waals surface area contributed by atoms with Gasteiger partial charge in [0.25, 0.3) is 0 Å². The van der Waals surface area contributed by atoms with Crippen LogP contribution < -0.4 is 4.74 Å². The Balaban J connectivity index is 1.29. The minimum absolute atomic E-state index is 0.0372. The topological polar surface area (TPSA) is 43.4 Å². The van der Waals surface area contributed by atoms with Gasteiger partial charge >= 0.3 is 0 Å². The standard InChI is InChI=1S/C41H52O3/c1-7-37(36-21-23-40(44-6)30(4)25-36)39-15-11-14-35(31(39)5)26-34-20-22-38(29(3)24-34)41(43)28(2)12-9-8-10-13-32-16-18-33(27-42)19-17-32/h7,11,14-15,20-25,27-28,32-33,39H,5,8-10,12-13,16-19,26H2,1-4,6H3/b37-7-. The van der Waals surface area contributed by atoms with E-state index in [2.05, 4.69) is 82.8 Å². The first-order valence-corrected chi connectivity index (χ1v) is 16.7. The van der Waals surface area contributed by atoms with Gasteiger partial charge in [0.1, 0.15) is 12.0 Å². The van der Waals surface area contributed by atoms with E-state index in [1.165, 1.54) is 54.4 Å². The minimum Gasteiger partial charge on any atom is -0.496 e. The predicted octanol–water partition coefficient (Wildman–Crippen LogP) is 10.4. The Bertz CT molecular complexity index is 1410. The Labute approximate surface area is 266 Å². The largest absolute Gasteiger partial charge is 0.496 e. The molecular weight excluding hydrogens is 540 g/mol. The first-order chi connectivity index (χ1) is 21.2. The summed E-state index contributed by atoms with van der Waals surface area (Å²) < 4.78 is 5.47. The van der Waals surface area contributed by atoms with Crippen molar-refractivity contribution in [1.29, 1.82) is 0 Å². The van der Waals surface area contributed by atoms with Gasteiger partial charge in [-0.15, -0.1) is 0 Å². The van der Waals surface area contributed by atoms with Crippen LogP contribution in [-0.4, -0.2) is 19.2 Å². The van der Waals surface area contributed by atoms with Crippen LogP contribution in [0.5, 0.6) is 5.75 Å². The summed E-state index contributed by atoms with van der Waals surface area (Å²) in [5, 5.41) is 0. The molecule has 0 aliphatic heterocycles. The Morgan fingerprint density at radius 3 is 2.45 bits per heavy atom. The van der Waals surface area contributed by atoms with Crippen molar-refractivity contribution in [1.82, 2.24) is 0 Å². The molecule has 0 N–H and O–H groups in total. The van der Waals surface area contributed by atoms with Crippen LogP contribution in [0.2, 0.25) is 0 Å². The van der Waals surface area contributed by atoms with Gasteiger partial charge in [-0.05, 0) is 116 Å². The van der Waals surface area contributed by atoms with E-state index in [0.717, 1.165) is 72.3 Å². The number of methoxy groups -OCH3 is 1. The number of Topliss-reactive ketones (excluding diaryl/α,β-unsaturated/α-hetero) is 1. The van der Waals surface area contributed by atoms with Crippen LogP contribution in [0.3, 0.4) is 0 Å². The van der Waals surface area contributed by atoms with Crippen molar-refractivity contribution in [2.45, 2.75) is 91.9 Å². The van der Waals surface area contributed by atoms with Crippen LogP contribution in [0.1, 0.15) is 104 Å². The molecule has 0 amide bonds. The molecule has 0 spiro atoms. The summed E-state index contributed by atoms with van der Waals surface area (Å²) in [4.78, 5) is 24.3. The van der Waals surface area contributed by atoms with Gasteiger partial charge in [0.15, 0.2) is 5.78 Å². The zero-order valence-electron chi connectivity index (χ0n) is 27.7. The number of unbranched alkanes of at least 4 members (excludes halogenated alkanes) is 2. The molecule has 0 radical (unpaired) electrons. The number of benzene rings is 2. The number of carbonyl (C=O) groups excluding carboxylic acids is 2. The second-order valence-corrected chi connectivity index (χ2v) is 13.2. The number of rotatable bonds is 14. The van der Waals surface area contributed by atoms with Gasteiger partial charge in [0, 0.05) is 23.3 Å². The lowest BCUT2D eigenvalue weighted by atomic mass is 9.79. The number of ketones is 1. The minimum atomic E-state index is 0.0372. The first-order valence-electron chi connectivity index (χ1n) is 16.7. The van der Waals surface area contributed by atoms with E-state index >= 15 is 0 Å². The van der Waals surface area contributed by atoms with Crippen molar-refractivity contribution in [3.63, 3.8) is 0 Å². The molecule has 2 aromatic rings. The zero-order valence-corrected chi connectivity index (χ0v) is 27.7. The number of aldehydes is 1. The molecule has 1 fully saturated rings. The maximum atomic E-state index is 13.4. The van der Waals surface area contributed by atoms with Crippen molar-refractivity contribution >= 4 is 17.6 Å². The summed E-state index contributed by atoms with van der Waals surface area (Å²) in [5.41, 5.74) is 9.02. The van der Waals surface area contributed by atoms with Crippen LogP contribution in [-0.2, 0) is 11.2 Å². The van der Waals surface area contributed by atoms with Crippen LogP contribution in [0.4, 0.5) is 0 Å². The molecule has 2 atom stereocenters. The molecule has 234 valence electrons. The molecule has 0 heterocycles. The molecule has 0 aromatic heterocycles. The van der Waals surface area contributed by atoms with Gasteiger partial charge in [-0.1, -0.05) is 87.8 Å². The van der Waals surface area contributed by atoms with Gasteiger partial charge in [0.2, 0.25) is 0 Å². The predicted molar refractivity (Wildman–Crippen MR) is 184 cm³/mol. The maximum Gasteiger partial charge on any atom is 0.165 e. The summed E-state index contributed by atoms with van der Waals surface area (Å²) in [6, 6.07) is 12.7. The zero-order chi connectivity index (χ0) is 31.6. The van der Waals surface area contributed by atoms with Crippen LogP contribution in [0, 0.1) is 37.5 Å². The number of aryl methyl sites for hydroxylation is 2. The second kappa shape index (κ2) is 16.0. The molecule has 3 heteroatoms. The average molecular weight is 593 g/mol. The fourth-order valence-corrected chi connectivity index (χ4v) is 7.16. The number of carbonyl (C=O) groups is 2. The van der Waals surface area contributed by atoms with Crippen LogP contribution in [0.25, 0.3) is 5.57 Å². The second-order valence-electron chi connectivity index (χ2n) is 13.2. The normalized spacial score (nSPS) is 21.1. The molecule has 2 aromatic carbocycles. The van der Waals surface area contributed by atoms with Crippen molar-refractivity contribution in [3.8, 4) is 5.75 Å². The fourth-order valence-electron chi connectivity index (χ4n) is 7.16. The van der Waals surface area contributed by atoms with E-state index in [-0.39, 0.29) is 17.6 Å². The maximum absolute atomic E-state index is 13.4. The molecule has 0 bridgehead atoms. The van der Waals surface area contributed by atoms with Gasteiger partial charge in [-0.2, -0.15) is 0 Å². The third-order valence-electron chi connectivity index (χ3n) is 9.99. The SMILES string of the molecule is C=C1C(Cc2ccc(C(=O)C(C)CCCCCC3CCC(C=O)CC3)c(C)c2)=CC=CC1/C(=C\C)c1ccc(OC)c(C)c1. The molecule has 3 nitrogen and oxygen atoms in total. The fraction of sp³-hybridized carbons (Fsp3) is 0.463. The van der Waals surface area contributed by atoms with Crippen LogP contribution >= 0.6 is 0 Å². The lowest BCUT2D eigenvalue weighted by Gasteiger charge is -2.25. The lowest BCUT2D eigenvalue weighted by Crippen LogP contribution is -2.15. The molecular formula is C41H52O3. The summed E-state index contributed by atoms with van der Waals surface area (Å²) in [6.07, 6.45) is 21.0. The molecule has 2 aliphatic carbocycles. The lowest BCUT2D eigenvalue weighted by molar-refractivity contribution is -0.112. The quantitative estimate of drug-likeness (QED) is 0.124. The highest BCUT2D eigenvalue weighted by Crippen LogP contribution is 2.38. The highest BCUT2D eigenvalue weighted by Gasteiger charge is 2.23. The van der Waals surface area contributed by atoms with Crippen molar-refractivity contribution < 1.29 is 14.3 Å². The molecule has 44 heavy (non-hydrogen) atoms. The van der Waals surface area contributed by atoms with Gasteiger partial charge in [-0.3, -0.25) is 4.79 Å². The highest BCUT2D eigenvalue weighted by molar-refractivity contribution is 5.99. The van der Waals surface area contributed by atoms with E-state index in [9.17, 15) is 9.59 Å². The van der Waals surface area contributed by atoms with E-state index in [1.54, 1.807) is 7.11 Å². The number of hydrogen-bond acceptors (Lipinski definition) is 3. The monoisotopic (exact) mass is 592 g/mol. The van der Waals surface area contributed by atoms with E-state index in [1.807, 2.05) is 12.1 Å². The Hall–Kier alpha value is -3.46. The molecule has 4 rings (SSSR count). The Morgan fingerprint density at radius 1 is 1.02 bits per heavy atom. The Morgan fingerprint density at radius 2 is 1.80 bits per heavy atom. The molecule has 2 unspecified atom stereocenters. The van der Waals surface area contributed by atoms with Crippen molar-refractivity contribution in [2.75, 3.05) is 7.11 Å². The molecule has 0 saturated heterocycles. The van der Waals surface area contributed by atoms with E-state index in [0.29, 0.717) is 5.92 Å². The van der Waals surface area contributed by atoms with E-state index < -0.39 is 0 Å². The third-order valence-corrected chi connectivity index (χ3v) is 9.99.